The van der Waals surface area contributed by atoms with Crippen LogP contribution in [-0.2, 0) is 0 Å². The first-order chi connectivity index (χ1) is 15.5. The molecule has 6 aromatic rings. The molecular weight excluding hydrogens is 622 g/mol. The van der Waals surface area contributed by atoms with Crippen LogP contribution in [0.4, 0.5) is 8.78 Å². The summed E-state index contributed by atoms with van der Waals surface area (Å²) in [5.41, 5.74) is 2.60. The molecule has 0 fully saturated rings. The lowest BCUT2D eigenvalue weighted by Gasteiger charge is -2.02. The molecule has 0 aliphatic heterocycles. The van der Waals surface area contributed by atoms with E-state index in [4.69, 9.17) is 0 Å². The van der Waals surface area contributed by atoms with Crippen molar-refractivity contribution in [3.8, 4) is 30.6 Å². The molecule has 4 nitrogen and oxygen atoms in total. The average Bonchev–Trinajstić information content (AvgIpc) is 3.59. The van der Waals surface area contributed by atoms with Gasteiger partial charge in [-0.25, -0.2) is 8.78 Å². The Kier molecular flexibility index (Phi) is 5.19. The highest BCUT2D eigenvalue weighted by Crippen LogP contribution is 2.45. The van der Waals surface area contributed by atoms with Gasteiger partial charge in [0.05, 0.1) is 18.3 Å². The maximum Gasteiger partial charge on any atom is 0.140 e. The van der Waals surface area contributed by atoms with Crippen LogP contribution in [0.1, 0.15) is 0 Å². The smallest absolute Gasteiger partial charge is 0.140 e. The topological polar surface area (TPSA) is 51.6 Å². The van der Waals surface area contributed by atoms with Gasteiger partial charge in [0.2, 0.25) is 0 Å². The Morgan fingerprint density at radius 1 is 0.625 bits per heavy atom. The van der Waals surface area contributed by atoms with E-state index in [1.165, 1.54) is 35.2 Å². The average molecular weight is 628 g/mol. The monoisotopic (exact) mass is 626 g/mol. The van der Waals surface area contributed by atoms with Gasteiger partial charge >= 0.3 is 0 Å². The molecule has 2 aromatic carbocycles. The number of rotatable bonds is 3. The van der Waals surface area contributed by atoms with Crippen molar-refractivity contribution in [3.63, 3.8) is 0 Å². The van der Waals surface area contributed by atoms with Gasteiger partial charge in [0.15, 0.2) is 0 Å². The predicted octanol–water partition coefficient (Wildman–Crippen LogP) is 8.62. The number of benzene rings is 2. The number of aromatic nitrogens is 4. The first-order valence-corrected chi connectivity index (χ1v) is 13.7. The molecule has 0 atom stereocenters. The molecule has 0 spiro atoms. The predicted molar refractivity (Wildman–Crippen MR) is 136 cm³/mol. The van der Waals surface area contributed by atoms with Crippen LogP contribution in [-0.4, -0.2) is 19.2 Å². The van der Waals surface area contributed by atoms with Gasteiger partial charge in [-0.05, 0) is 91.3 Å². The van der Waals surface area contributed by atoms with Crippen LogP contribution < -0.4 is 0 Å². The minimum Gasteiger partial charge on any atom is -0.206 e. The molecule has 0 bridgehead atoms. The first kappa shape index (κ1) is 20.9. The van der Waals surface area contributed by atoms with E-state index >= 15 is 0 Å². The Morgan fingerprint density at radius 2 is 1.03 bits per heavy atom. The fourth-order valence-electron chi connectivity index (χ4n) is 3.36. The lowest BCUT2D eigenvalue weighted by Crippen LogP contribution is -1.83. The van der Waals surface area contributed by atoms with Gasteiger partial charge in [0.1, 0.15) is 22.7 Å². The highest BCUT2D eigenvalue weighted by atomic mass is 79.9. The lowest BCUT2D eigenvalue weighted by atomic mass is 10.1. The Labute approximate surface area is 212 Å². The van der Waals surface area contributed by atoms with Crippen molar-refractivity contribution >= 4 is 98.0 Å². The van der Waals surface area contributed by atoms with Crippen molar-refractivity contribution < 1.29 is 8.78 Å². The van der Waals surface area contributed by atoms with E-state index in [0.717, 1.165) is 40.0 Å². The van der Waals surface area contributed by atoms with E-state index in [1.807, 2.05) is 24.3 Å². The van der Waals surface area contributed by atoms with Crippen molar-refractivity contribution in [2.75, 3.05) is 0 Å². The van der Waals surface area contributed by atoms with E-state index in [1.54, 1.807) is 22.7 Å². The minimum absolute atomic E-state index is 0.329. The van der Waals surface area contributed by atoms with E-state index in [2.05, 4.69) is 51.0 Å². The summed E-state index contributed by atoms with van der Waals surface area (Å²) in [5.74, 6) is -0.735. The number of halogens is 4. The zero-order valence-corrected chi connectivity index (χ0v) is 21.8. The Bertz CT molecular complexity index is 1530. The zero-order valence-electron chi connectivity index (χ0n) is 15.4. The summed E-state index contributed by atoms with van der Waals surface area (Å²) in [7, 11) is 0. The van der Waals surface area contributed by atoms with E-state index in [0.29, 0.717) is 20.0 Å². The third-order valence-electron chi connectivity index (χ3n) is 4.83. The van der Waals surface area contributed by atoms with Gasteiger partial charge < -0.3 is 0 Å². The summed E-state index contributed by atoms with van der Waals surface area (Å²) in [6.45, 7) is 0. The molecule has 0 unspecified atom stereocenters. The van der Waals surface area contributed by atoms with Gasteiger partial charge in [0, 0.05) is 30.6 Å². The molecule has 32 heavy (non-hydrogen) atoms. The van der Waals surface area contributed by atoms with Crippen molar-refractivity contribution in [2.45, 2.75) is 0 Å². The third-order valence-corrected chi connectivity index (χ3v) is 10.3. The summed E-state index contributed by atoms with van der Waals surface area (Å²) in [4.78, 5) is 3.95. The number of nitrogens with zero attached hydrogens (tertiary/aromatic N) is 4. The second-order valence-electron chi connectivity index (χ2n) is 6.67. The number of thiophene rings is 2. The maximum atomic E-state index is 14.4. The standard InChI is InChI=1S/C20H6Br2F2N4S4/c21-15-9(23)5-7(19-17(15)25-27-31-19)11-1-3-13(29-11)14-4-2-12(30-14)8-6-10(24)16(22)18-20(8)32-28-26-18/h1-6H. The van der Waals surface area contributed by atoms with E-state index < -0.39 is 0 Å². The van der Waals surface area contributed by atoms with Crippen LogP contribution in [0.2, 0.25) is 0 Å². The molecule has 0 N–H and O–H groups in total. The highest BCUT2D eigenvalue weighted by Gasteiger charge is 2.19. The summed E-state index contributed by atoms with van der Waals surface area (Å²) in [6.07, 6.45) is 0. The highest BCUT2D eigenvalue weighted by molar-refractivity contribution is 9.11. The maximum absolute atomic E-state index is 14.4. The molecule has 0 saturated heterocycles. The number of hydrogen-bond acceptors (Lipinski definition) is 8. The van der Waals surface area contributed by atoms with Gasteiger partial charge in [-0.3, -0.25) is 0 Å². The largest absolute Gasteiger partial charge is 0.206 e. The second-order valence-corrected chi connectivity index (χ2v) is 11.9. The molecule has 0 radical (unpaired) electrons. The molecule has 4 aromatic heterocycles. The van der Waals surface area contributed by atoms with Crippen LogP contribution in [0.25, 0.3) is 51.1 Å². The van der Waals surface area contributed by atoms with Crippen LogP contribution in [0, 0.1) is 11.6 Å². The van der Waals surface area contributed by atoms with Gasteiger partial charge in [-0.2, -0.15) is 0 Å². The summed E-state index contributed by atoms with van der Waals surface area (Å²) in [5, 5.41) is 8.09. The molecule has 0 aliphatic rings. The molecule has 0 amide bonds. The third kappa shape index (κ3) is 3.27. The quantitative estimate of drug-likeness (QED) is 0.197. The van der Waals surface area contributed by atoms with E-state index in [-0.39, 0.29) is 11.6 Å². The SMILES string of the molecule is Fc1cc(-c2ccc(-c3ccc(-c4cc(F)c(Br)c5nnsc45)s3)s2)c2snnc2c1Br. The Balaban J connectivity index is 1.42. The van der Waals surface area contributed by atoms with Gasteiger partial charge in [-0.1, -0.05) is 8.98 Å². The molecule has 12 heteroatoms. The first-order valence-electron chi connectivity index (χ1n) is 8.92. The van der Waals surface area contributed by atoms with Gasteiger partial charge in [0.25, 0.3) is 0 Å². The van der Waals surface area contributed by atoms with Crippen LogP contribution in [0.5, 0.6) is 0 Å². The Hall–Kier alpha value is -1.70. The van der Waals surface area contributed by atoms with Crippen LogP contribution >= 0.6 is 77.6 Å². The second kappa shape index (κ2) is 7.96. The summed E-state index contributed by atoms with van der Waals surface area (Å²) < 4.78 is 39.1. The fraction of sp³-hybridized carbons (Fsp3) is 0. The van der Waals surface area contributed by atoms with Crippen LogP contribution in [0.3, 0.4) is 0 Å². The minimum atomic E-state index is -0.368. The summed E-state index contributed by atoms with van der Waals surface area (Å²) >= 11 is 12.1. The summed E-state index contributed by atoms with van der Waals surface area (Å²) in [6, 6.07) is 11.0. The fourth-order valence-corrected chi connectivity index (χ4v) is 8.08. The molecule has 0 saturated carbocycles. The van der Waals surface area contributed by atoms with Crippen molar-refractivity contribution in [1.82, 2.24) is 19.2 Å². The normalized spacial score (nSPS) is 11.8. The lowest BCUT2D eigenvalue weighted by molar-refractivity contribution is 0.623. The van der Waals surface area contributed by atoms with E-state index in [9.17, 15) is 8.78 Å². The molecular formula is C20H6Br2F2N4S4. The van der Waals surface area contributed by atoms with Crippen molar-refractivity contribution in [1.29, 1.82) is 0 Å². The molecule has 6 rings (SSSR count). The van der Waals surface area contributed by atoms with Crippen molar-refractivity contribution in [3.05, 3.63) is 57.0 Å². The van der Waals surface area contributed by atoms with Gasteiger partial charge in [-0.15, -0.1) is 32.9 Å². The number of fused-ring (bicyclic) bond motifs is 2. The Morgan fingerprint density at radius 3 is 1.47 bits per heavy atom. The van der Waals surface area contributed by atoms with Crippen LogP contribution in [0.15, 0.2) is 45.3 Å². The molecule has 0 aliphatic carbocycles. The number of hydrogen-bond donors (Lipinski definition) is 0. The molecule has 158 valence electrons. The van der Waals surface area contributed by atoms with Crippen molar-refractivity contribution in [2.24, 2.45) is 0 Å². The molecule has 4 heterocycles. The zero-order chi connectivity index (χ0) is 22.0.